The van der Waals surface area contributed by atoms with Crippen molar-refractivity contribution < 1.29 is 5.11 Å². The van der Waals surface area contributed by atoms with Crippen LogP contribution in [-0.2, 0) is 13.0 Å². The van der Waals surface area contributed by atoms with E-state index in [1.54, 1.807) is 6.20 Å². The van der Waals surface area contributed by atoms with Gasteiger partial charge < -0.3 is 10.1 Å². The molecule has 17 heavy (non-hydrogen) atoms. The van der Waals surface area contributed by atoms with Gasteiger partial charge in [0, 0.05) is 18.3 Å². The van der Waals surface area contributed by atoms with Crippen molar-refractivity contribution in [3.63, 3.8) is 0 Å². The zero-order valence-electron chi connectivity index (χ0n) is 10.3. The number of hydrogen-bond donors (Lipinski definition) is 2. The van der Waals surface area contributed by atoms with E-state index in [0.29, 0.717) is 24.2 Å². The van der Waals surface area contributed by atoms with Gasteiger partial charge >= 0.3 is 0 Å². The van der Waals surface area contributed by atoms with E-state index in [4.69, 9.17) is 0 Å². The average Bonchev–Trinajstić information content (AvgIpc) is 2.37. The number of nitrogens with one attached hydrogen (secondary N) is 1. The fraction of sp³-hybridized carbons (Fsp3) is 0.615. The van der Waals surface area contributed by atoms with Crippen LogP contribution in [0.5, 0.6) is 5.75 Å². The van der Waals surface area contributed by atoms with Gasteiger partial charge in [0.25, 0.3) is 0 Å². The molecule has 1 fully saturated rings. The summed E-state index contributed by atoms with van der Waals surface area (Å²) in [5, 5.41) is 9.75. The Bertz CT molecular complexity index is 434. The number of aryl methyl sites for hydroxylation is 1. The summed E-state index contributed by atoms with van der Waals surface area (Å²) in [4.78, 5) is 17.2. The highest BCUT2D eigenvalue weighted by Gasteiger charge is 2.14. The second kappa shape index (κ2) is 5.36. The van der Waals surface area contributed by atoms with Crippen LogP contribution in [0.15, 0.2) is 11.0 Å². The summed E-state index contributed by atoms with van der Waals surface area (Å²) >= 11 is 0. The number of rotatable bonds is 3. The highest BCUT2D eigenvalue weighted by molar-refractivity contribution is 5.30. The van der Waals surface area contributed by atoms with Crippen LogP contribution in [-0.4, -0.2) is 28.1 Å². The number of aromatic amines is 1. The van der Waals surface area contributed by atoms with E-state index in [-0.39, 0.29) is 11.2 Å². The van der Waals surface area contributed by atoms with E-state index in [2.05, 4.69) is 9.88 Å². The Morgan fingerprint density at radius 1 is 1.35 bits per heavy atom. The molecule has 4 nitrogen and oxygen atoms in total. The Morgan fingerprint density at radius 3 is 2.71 bits per heavy atom. The van der Waals surface area contributed by atoms with Gasteiger partial charge in [-0.1, -0.05) is 13.3 Å². The molecule has 1 aromatic heterocycles. The summed E-state index contributed by atoms with van der Waals surface area (Å²) in [6, 6.07) is 0. The predicted octanol–water partition coefficient (Wildman–Crippen LogP) is 1.63. The van der Waals surface area contributed by atoms with Crippen molar-refractivity contribution in [3.8, 4) is 5.75 Å². The Morgan fingerprint density at radius 2 is 2.06 bits per heavy atom. The van der Waals surface area contributed by atoms with E-state index in [0.717, 1.165) is 13.1 Å². The number of pyridine rings is 1. The van der Waals surface area contributed by atoms with Crippen LogP contribution in [0.25, 0.3) is 0 Å². The summed E-state index contributed by atoms with van der Waals surface area (Å²) < 4.78 is 0. The lowest BCUT2D eigenvalue weighted by molar-refractivity contribution is 0.220. The molecule has 1 aromatic rings. The van der Waals surface area contributed by atoms with Gasteiger partial charge in [0.2, 0.25) is 5.43 Å². The van der Waals surface area contributed by atoms with Crippen LogP contribution in [0.2, 0.25) is 0 Å². The average molecular weight is 236 g/mol. The lowest BCUT2D eigenvalue weighted by atomic mass is 10.1. The van der Waals surface area contributed by atoms with Crippen LogP contribution in [0.3, 0.4) is 0 Å². The fourth-order valence-corrected chi connectivity index (χ4v) is 2.34. The number of aromatic hydroxyl groups is 1. The molecule has 2 N–H and O–H groups in total. The Labute approximate surface area is 101 Å². The molecule has 94 valence electrons. The molecule has 1 saturated heterocycles. The van der Waals surface area contributed by atoms with Gasteiger partial charge in [-0.25, -0.2) is 0 Å². The van der Waals surface area contributed by atoms with E-state index in [1.807, 2.05) is 6.92 Å². The van der Waals surface area contributed by atoms with Gasteiger partial charge in [-0.15, -0.1) is 0 Å². The highest BCUT2D eigenvalue weighted by Crippen LogP contribution is 2.14. The van der Waals surface area contributed by atoms with Crippen LogP contribution < -0.4 is 5.43 Å². The van der Waals surface area contributed by atoms with E-state index >= 15 is 0 Å². The highest BCUT2D eigenvalue weighted by atomic mass is 16.3. The summed E-state index contributed by atoms with van der Waals surface area (Å²) in [6.07, 6.45) is 6.08. The number of nitrogens with zero attached hydrogens (tertiary/aromatic N) is 1. The monoisotopic (exact) mass is 236 g/mol. The zero-order chi connectivity index (χ0) is 12.3. The molecular weight excluding hydrogens is 216 g/mol. The smallest absolute Gasteiger partial charge is 0.227 e. The minimum atomic E-state index is -0.217. The van der Waals surface area contributed by atoms with E-state index in [9.17, 15) is 9.90 Å². The van der Waals surface area contributed by atoms with Crippen molar-refractivity contribution in [1.29, 1.82) is 0 Å². The molecule has 0 spiro atoms. The van der Waals surface area contributed by atoms with Crippen molar-refractivity contribution in [1.82, 2.24) is 9.88 Å². The molecule has 1 aliphatic heterocycles. The van der Waals surface area contributed by atoms with Crippen molar-refractivity contribution in [3.05, 3.63) is 27.7 Å². The summed E-state index contributed by atoms with van der Waals surface area (Å²) in [6.45, 7) is 4.66. The predicted molar refractivity (Wildman–Crippen MR) is 67.2 cm³/mol. The summed E-state index contributed by atoms with van der Waals surface area (Å²) in [7, 11) is 0. The quantitative estimate of drug-likeness (QED) is 0.838. The number of H-pyrrole nitrogens is 1. The molecule has 0 radical (unpaired) electrons. The Kier molecular flexibility index (Phi) is 3.84. The Balaban J connectivity index is 2.16. The second-order valence-electron chi connectivity index (χ2n) is 4.66. The van der Waals surface area contributed by atoms with Crippen LogP contribution >= 0.6 is 0 Å². The first-order chi connectivity index (χ1) is 8.22. The van der Waals surface area contributed by atoms with Crippen LogP contribution in [0.4, 0.5) is 0 Å². The number of likely N-dealkylation sites (tertiary alicyclic amines) is 1. The SMILES string of the molecule is CCc1[nH]cc(CN2CCCCC2)c(=O)c1O. The summed E-state index contributed by atoms with van der Waals surface area (Å²) in [5.74, 6) is -0.109. The van der Waals surface area contributed by atoms with Crippen LogP contribution in [0, 0.1) is 0 Å². The molecule has 0 atom stereocenters. The molecule has 0 aromatic carbocycles. The van der Waals surface area contributed by atoms with Crippen molar-refractivity contribution >= 4 is 0 Å². The molecule has 4 heteroatoms. The molecule has 0 aliphatic carbocycles. The first kappa shape index (κ1) is 12.2. The van der Waals surface area contributed by atoms with Gasteiger partial charge in [-0.2, -0.15) is 0 Å². The lowest BCUT2D eigenvalue weighted by Crippen LogP contribution is -2.31. The normalized spacial score (nSPS) is 17.2. The summed E-state index contributed by atoms with van der Waals surface area (Å²) in [5.41, 5.74) is 1.07. The maximum absolute atomic E-state index is 11.9. The third kappa shape index (κ3) is 2.69. The number of hydrogen-bond acceptors (Lipinski definition) is 3. The van der Waals surface area contributed by atoms with E-state index in [1.165, 1.54) is 19.3 Å². The molecule has 2 rings (SSSR count). The Hall–Kier alpha value is -1.29. The molecule has 1 aliphatic rings. The topological polar surface area (TPSA) is 56.3 Å². The van der Waals surface area contributed by atoms with Gasteiger partial charge in [0.05, 0.1) is 5.69 Å². The van der Waals surface area contributed by atoms with Crippen molar-refractivity contribution in [2.24, 2.45) is 0 Å². The minimum Gasteiger partial charge on any atom is -0.503 e. The second-order valence-corrected chi connectivity index (χ2v) is 4.66. The lowest BCUT2D eigenvalue weighted by Gasteiger charge is -2.26. The third-order valence-electron chi connectivity index (χ3n) is 3.41. The van der Waals surface area contributed by atoms with Gasteiger partial charge in [0.1, 0.15) is 0 Å². The molecule has 0 amide bonds. The zero-order valence-corrected chi connectivity index (χ0v) is 10.3. The minimum absolute atomic E-state index is 0.109. The number of piperidine rings is 1. The maximum Gasteiger partial charge on any atom is 0.227 e. The molecule has 0 bridgehead atoms. The van der Waals surface area contributed by atoms with Crippen LogP contribution in [0.1, 0.15) is 37.4 Å². The molecule has 0 unspecified atom stereocenters. The van der Waals surface area contributed by atoms with Crippen molar-refractivity contribution in [2.45, 2.75) is 39.2 Å². The molecule has 0 saturated carbocycles. The van der Waals surface area contributed by atoms with Gasteiger partial charge in [-0.3, -0.25) is 9.69 Å². The van der Waals surface area contributed by atoms with Crippen molar-refractivity contribution in [2.75, 3.05) is 13.1 Å². The first-order valence-corrected chi connectivity index (χ1v) is 6.37. The largest absolute Gasteiger partial charge is 0.503 e. The number of aromatic nitrogens is 1. The van der Waals surface area contributed by atoms with E-state index < -0.39 is 0 Å². The molecular formula is C13H20N2O2. The standard InChI is InChI=1S/C13H20N2O2/c1-2-11-13(17)12(16)10(8-14-11)9-15-6-4-3-5-7-15/h8,17H,2-7,9H2,1H3,(H,14,16). The molecule has 2 heterocycles. The third-order valence-corrected chi connectivity index (χ3v) is 3.41. The van der Waals surface area contributed by atoms with Gasteiger partial charge in [-0.05, 0) is 32.4 Å². The maximum atomic E-state index is 11.9. The fourth-order valence-electron chi connectivity index (χ4n) is 2.34. The first-order valence-electron chi connectivity index (χ1n) is 6.37. The van der Waals surface area contributed by atoms with Gasteiger partial charge in [0.15, 0.2) is 5.75 Å².